The smallest absolute Gasteiger partial charge is 0.340 e. The Bertz CT molecular complexity index is 663. The Morgan fingerprint density at radius 3 is 2.36 bits per heavy atom. The van der Waals surface area contributed by atoms with Crippen LogP contribution in [0.3, 0.4) is 0 Å². The maximum absolute atomic E-state index is 12.5. The molecule has 0 saturated carbocycles. The highest BCUT2D eigenvalue weighted by molar-refractivity contribution is 6.33. The number of hydrogen-bond acceptors (Lipinski definition) is 2. The number of ether oxygens (including phenoxy) is 1. The van der Waals surface area contributed by atoms with Gasteiger partial charge >= 0.3 is 5.97 Å². The van der Waals surface area contributed by atoms with E-state index in [-0.39, 0.29) is 0 Å². The third kappa shape index (κ3) is 6.57. The van der Waals surface area contributed by atoms with Crippen LogP contribution in [-0.4, -0.2) is 13.1 Å². The summed E-state index contributed by atoms with van der Waals surface area (Å²) in [7, 11) is 1.39. The lowest BCUT2D eigenvalue weighted by atomic mass is 9.94. The Kier molecular flexibility index (Phi) is 9.34. The lowest BCUT2D eigenvalue weighted by molar-refractivity contribution is -0.135. The van der Waals surface area contributed by atoms with Gasteiger partial charge in [0.15, 0.2) is 0 Å². The summed E-state index contributed by atoms with van der Waals surface area (Å²) in [5.41, 5.74) is 6.52. The molecule has 0 N–H and O–H groups in total. The van der Waals surface area contributed by atoms with Crippen LogP contribution in [0.2, 0.25) is 0 Å². The molecule has 0 radical (unpaired) electrons. The number of carbonyl (C=O) groups is 1. The first-order valence-electron chi connectivity index (χ1n) is 8.92. The van der Waals surface area contributed by atoms with Crippen LogP contribution in [0, 0.1) is 5.92 Å². The van der Waals surface area contributed by atoms with Gasteiger partial charge in [-0.3, -0.25) is 0 Å². The number of rotatable bonds is 8. The summed E-state index contributed by atoms with van der Waals surface area (Å²) in [6.45, 7) is 8.38. The quantitative estimate of drug-likeness (QED) is 0.173. The van der Waals surface area contributed by atoms with Crippen molar-refractivity contribution in [2.45, 2.75) is 53.4 Å². The van der Waals surface area contributed by atoms with Crippen molar-refractivity contribution in [3.8, 4) is 0 Å². The van der Waals surface area contributed by atoms with E-state index in [2.05, 4.69) is 26.5 Å². The molecule has 0 amide bonds. The summed E-state index contributed by atoms with van der Waals surface area (Å²) >= 11 is 6.57. The molecule has 1 aromatic rings. The molecule has 0 fully saturated rings. The average Bonchev–Trinajstić information content (AvgIpc) is 2.61. The molecule has 0 heterocycles. The fraction of sp³-hybridized carbons (Fsp3) is 0.455. The molecule has 0 spiro atoms. The van der Waals surface area contributed by atoms with E-state index in [1.165, 1.54) is 7.11 Å². The predicted octanol–water partition coefficient (Wildman–Crippen LogP) is 6.52. The van der Waals surface area contributed by atoms with Crippen LogP contribution in [0.25, 0.3) is 5.57 Å². The molecule has 0 aromatic heterocycles. The van der Waals surface area contributed by atoms with Crippen LogP contribution >= 0.6 is 11.6 Å². The number of hydrogen-bond donors (Lipinski definition) is 0. The van der Waals surface area contributed by atoms with Gasteiger partial charge in [0.1, 0.15) is 0 Å². The second-order valence-corrected chi connectivity index (χ2v) is 6.89. The number of allylic oxidation sites excluding steroid dienone is 1. The maximum atomic E-state index is 12.5. The van der Waals surface area contributed by atoms with E-state index < -0.39 is 5.97 Å². The Balaban J connectivity index is 3.58. The first-order chi connectivity index (χ1) is 11.9. The van der Waals surface area contributed by atoms with E-state index in [0.717, 1.165) is 30.4 Å². The number of esters is 1. The van der Waals surface area contributed by atoms with Crippen LogP contribution in [0.15, 0.2) is 52.2 Å². The highest BCUT2D eigenvalue weighted by Gasteiger charge is 2.21. The Labute approximate surface area is 157 Å². The minimum Gasteiger partial charge on any atom is -0.465 e. The molecule has 0 bridgehead atoms. The van der Waals surface area contributed by atoms with Gasteiger partial charge in [-0.15, -0.1) is 5.73 Å². The average molecular weight is 361 g/mol. The van der Waals surface area contributed by atoms with Crippen LogP contribution in [0.5, 0.6) is 0 Å². The third-order valence-electron chi connectivity index (χ3n) is 4.16. The second-order valence-electron chi connectivity index (χ2n) is 6.43. The normalized spacial score (nSPS) is 11.6. The number of unbranched alkanes of at least 4 members (excludes halogenated alkanes) is 2. The van der Waals surface area contributed by atoms with Crippen LogP contribution in [-0.2, 0) is 9.53 Å². The third-order valence-corrected chi connectivity index (χ3v) is 4.54. The van der Waals surface area contributed by atoms with Gasteiger partial charge in [0.05, 0.1) is 12.7 Å². The molecule has 2 nitrogen and oxygen atoms in total. The minimum atomic E-state index is -0.413. The highest BCUT2D eigenvalue weighted by atomic mass is 35.5. The van der Waals surface area contributed by atoms with Gasteiger partial charge in [0.2, 0.25) is 0 Å². The zero-order valence-corrected chi connectivity index (χ0v) is 16.7. The Morgan fingerprint density at radius 1 is 1.20 bits per heavy atom. The largest absolute Gasteiger partial charge is 0.465 e. The fourth-order valence-corrected chi connectivity index (χ4v) is 2.64. The second kappa shape index (κ2) is 11.0. The van der Waals surface area contributed by atoms with Crippen molar-refractivity contribution < 1.29 is 9.53 Å². The molecule has 1 aromatic carbocycles. The zero-order valence-electron chi connectivity index (χ0n) is 16.0. The number of carbonyl (C=O) groups excluding carboxylic acids is 1. The van der Waals surface area contributed by atoms with Crippen molar-refractivity contribution in [1.82, 2.24) is 0 Å². The Morgan fingerprint density at radius 2 is 1.84 bits per heavy atom. The first-order valence-corrected chi connectivity index (χ1v) is 9.30. The molecular weight excluding hydrogens is 332 g/mol. The number of halogens is 1. The SMILES string of the molecule is CCCCC/C(Cl)=C(\C(=O)OC)C(=C=C(C)C(C)C)c1ccccc1. The molecule has 0 unspecified atom stereocenters. The van der Waals surface area contributed by atoms with Crippen molar-refractivity contribution in [2.24, 2.45) is 5.92 Å². The fourth-order valence-electron chi connectivity index (χ4n) is 2.33. The van der Waals surface area contributed by atoms with Crippen molar-refractivity contribution in [1.29, 1.82) is 0 Å². The van der Waals surface area contributed by atoms with Crippen LogP contribution < -0.4 is 0 Å². The van der Waals surface area contributed by atoms with Gasteiger partial charge in [0, 0.05) is 10.6 Å². The summed E-state index contributed by atoms with van der Waals surface area (Å²) in [4.78, 5) is 12.5. The van der Waals surface area contributed by atoms with E-state index in [0.29, 0.717) is 28.5 Å². The van der Waals surface area contributed by atoms with Crippen LogP contribution in [0.4, 0.5) is 0 Å². The van der Waals surface area contributed by atoms with Gasteiger partial charge in [0.25, 0.3) is 0 Å². The lowest BCUT2D eigenvalue weighted by Crippen LogP contribution is -2.09. The molecule has 25 heavy (non-hydrogen) atoms. The van der Waals surface area contributed by atoms with Gasteiger partial charge in [-0.25, -0.2) is 4.79 Å². The lowest BCUT2D eigenvalue weighted by Gasteiger charge is -2.13. The molecule has 0 aliphatic carbocycles. The highest BCUT2D eigenvalue weighted by Crippen LogP contribution is 2.31. The summed E-state index contributed by atoms with van der Waals surface area (Å²) < 4.78 is 5.03. The Hall–Kier alpha value is -1.76. The first kappa shape index (κ1) is 21.3. The minimum absolute atomic E-state index is 0.330. The maximum Gasteiger partial charge on any atom is 0.340 e. The van der Waals surface area contributed by atoms with Crippen molar-refractivity contribution in [2.75, 3.05) is 7.11 Å². The van der Waals surface area contributed by atoms with Gasteiger partial charge in [-0.2, -0.15) is 0 Å². The molecular formula is C22H29ClO2. The molecule has 136 valence electrons. The van der Waals surface area contributed by atoms with Gasteiger partial charge in [-0.1, -0.05) is 75.5 Å². The standard InChI is InChI=1S/C22H29ClO2/c1-6-7-9-14-20(23)21(22(24)25-5)19(15-17(4)16(2)3)18-12-10-8-11-13-18/h8,10-13,16H,6-7,9,14H2,1-5H3/b21-20+. The van der Waals surface area contributed by atoms with E-state index in [9.17, 15) is 4.79 Å². The molecule has 0 aliphatic rings. The summed E-state index contributed by atoms with van der Waals surface area (Å²) in [6.07, 6.45) is 3.80. The summed E-state index contributed by atoms with van der Waals surface area (Å²) in [5.74, 6) is -0.0825. The van der Waals surface area contributed by atoms with E-state index in [1.807, 2.05) is 37.3 Å². The van der Waals surface area contributed by atoms with E-state index in [4.69, 9.17) is 16.3 Å². The van der Waals surface area contributed by atoms with Gasteiger partial charge in [-0.05, 0) is 36.8 Å². The van der Waals surface area contributed by atoms with Crippen molar-refractivity contribution >= 4 is 23.1 Å². The van der Waals surface area contributed by atoms with Crippen LogP contribution in [0.1, 0.15) is 58.9 Å². The van der Waals surface area contributed by atoms with E-state index >= 15 is 0 Å². The molecule has 0 atom stereocenters. The molecule has 0 saturated heterocycles. The summed E-state index contributed by atoms with van der Waals surface area (Å²) in [5, 5.41) is 0.545. The van der Waals surface area contributed by atoms with Crippen molar-refractivity contribution in [3.63, 3.8) is 0 Å². The number of benzene rings is 1. The zero-order chi connectivity index (χ0) is 18.8. The van der Waals surface area contributed by atoms with E-state index in [1.54, 1.807) is 0 Å². The monoisotopic (exact) mass is 360 g/mol. The van der Waals surface area contributed by atoms with Gasteiger partial charge < -0.3 is 4.74 Å². The molecule has 3 heteroatoms. The summed E-state index contributed by atoms with van der Waals surface area (Å²) in [6, 6.07) is 9.78. The molecule has 0 aliphatic heterocycles. The molecule has 1 rings (SSSR count). The predicted molar refractivity (Wildman–Crippen MR) is 106 cm³/mol. The van der Waals surface area contributed by atoms with Crippen molar-refractivity contribution in [3.05, 3.63) is 57.8 Å². The topological polar surface area (TPSA) is 26.3 Å². The number of methoxy groups -OCH3 is 1.